The van der Waals surface area contributed by atoms with Crippen molar-refractivity contribution in [1.82, 2.24) is 24.1 Å². The van der Waals surface area contributed by atoms with Crippen molar-refractivity contribution >= 4 is 87.1 Å². The van der Waals surface area contributed by atoms with Crippen LogP contribution in [0.3, 0.4) is 0 Å². The minimum absolute atomic E-state index is 0.531. The quantitative estimate of drug-likeness (QED) is 0.167. The highest BCUT2D eigenvalue weighted by Gasteiger charge is 2.23. The Hall–Kier alpha value is -9.65. The van der Waals surface area contributed by atoms with Crippen LogP contribution in [0.1, 0.15) is 0 Å². The summed E-state index contributed by atoms with van der Waals surface area (Å²) < 4.78 is 11.7. The van der Waals surface area contributed by atoms with Crippen molar-refractivity contribution in [1.29, 1.82) is 0 Å². The molecule has 0 saturated heterocycles. The molecule has 4 aromatic heterocycles. The summed E-state index contributed by atoms with van der Waals surface area (Å²) in [4.78, 5) is 16.1. The summed E-state index contributed by atoms with van der Waals surface area (Å²) >= 11 is 0. The molecule has 0 aliphatic carbocycles. The van der Waals surface area contributed by atoms with Crippen LogP contribution in [-0.4, -0.2) is 24.1 Å². The molecule has 71 heavy (non-hydrogen) atoms. The zero-order valence-electron chi connectivity index (χ0n) is 38.2. The molecule has 0 N–H and O–H groups in total. The highest BCUT2D eigenvalue weighted by Crippen LogP contribution is 2.43. The van der Waals surface area contributed by atoms with Crippen molar-refractivity contribution in [2.45, 2.75) is 0 Å². The van der Waals surface area contributed by atoms with E-state index >= 15 is 0 Å². The summed E-state index contributed by atoms with van der Waals surface area (Å²) in [5.41, 5.74) is 13.0. The van der Waals surface area contributed by atoms with Gasteiger partial charge in [-0.05, 0) is 99.4 Å². The van der Waals surface area contributed by atoms with Gasteiger partial charge in [-0.25, -0.2) is 15.0 Å². The monoisotopic (exact) mass is 905 g/mol. The molecule has 0 atom stereocenters. The predicted octanol–water partition coefficient (Wildman–Crippen LogP) is 16.9. The second-order valence-electron chi connectivity index (χ2n) is 18.3. The van der Waals surface area contributed by atoms with Crippen LogP contribution in [0.2, 0.25) is 0 Å². The second-order valence-corrected chi connectivity index (χ2v) is 18.3. The average Bonchev–Trinajstić information content (AvgIpc) is 4.11. The molecule has 0 radical (unpaired) electrons. The minimum Gasteiger partial charge on any atom is -0.455 e. The van der Waals surface area contributed by atoms with Crippen molar-refractivity contribution < 1.29 is 4.42 Å². The fourth-order valence-corrected chi connectivity index (χ4v) is 11.1. The lowest BCUT2D eigenvalue weighted by molar-refractivity contribution is 0.670. The third-order valence-corrected chi connectivity index (χ3v) is 14.3. The Morgan fingerprint density at radius 2 is 0.887 bits per heavy atom. The van der Waals surface area contributed by atoms with Crippen molar-refractivity contribution in [3.05, 3.63) is 237 Å². The molecule has 15 rings (SSSR count). The van der Waals surface area contributed by atoms with E-state index < -0.39 is 0 Å². The van der Waals surface area contributed by atoms with Crippen LogP contribution >= 0.6 is 0 Å². The van der Waals surface area contributed by atoms with Gasteiger partial charge in [0, 0.05) is 54.8 Å². The molecule has 0 aliphatic rings. The summed E-state index contributed by atoms with van der Waals surface area (Å²) in [5, 5.41) is 11.5. The van der Waals surface area contributed by atoms with Crippen LogP contribution in [0.15, 0.2) is 241 Å². The molecular formula is C65H39N5O. The van der Waals surface area contributed by atoms with Gasteiger partial charge in [0.25, 0.3) is 0 Å². The molecule has 0 spiro atoms. The fourth-order valence-electron chi connectivity index (χ4n) is 11.1. The largest absolute Gasteiger partial charge is 0.455 e. The summed E-state index contributed by atoms with van der Waals surface area (Å²) in [6, 6.07) is 83.8. The Morgan fingerprint density at radius 3 is 1.68 bits per heavy atom. The van der Waals surface area contributed by atoms with Gasteiger partial charge in [-0.15, -0.1) is 0 Å². The number of hydrogen-bond acceptors (Lipinski definition) is 4. The van der Waals surface area contributed by atoms with Crippen molar-refractivity contribution in [3.8, 4) is 56.7 Å². The first kappa shape index (κ1) is 39.4. The summed E-state index contributed by atoms with van der Waals surface area (Å²) in [6.45, 7) is 0. The van der Waals surface area contributed by atoms with Gasteiger partial charge < -0.3 is 13.6 Å². The third-order valence-electron chi connectivity index (χ3n) is 14.3. The van der Waals surface area contributed by atoms with Gasteiger partial charge in [0.2, 0.25) is 0 Å². The Morgan fingerprint density at radius 1 is 0.310 bits per heavy atom. The maximum absolute atomic E-state index is 7.00. The number of fused-ring (bicyclic) bond motifs is 12. The zero-order valence-corrected chi connectivity index (χ0v) is 38.2. The van der Waals surface area contributed by atoms with E-state index in [1.165, 1.54) is 32.6 Å². The number of furan rings is 1. The second kappa shape index (κ2) is 15.4. The maximum Gasteiger partial charge on any atom is 0.167 e. The first-order chi connectivity index (χ1) is 35.2. The minimum atomic E-state index is 0.531. The Kier molecular flexibility index (Phi) is 8.56. The van der Waals surface area contributed by atoms with E-state index in [0.29, 0.717) is 17.5 Å². The maximum atomic E-state index is 7.00. The number of aromatic nitrogens is 5. The van der Waals surface area contributed by atoms with E-state index in [1.54, 1.807) is 0 Å². The number of nitrogens with zero attached hydrogens (tertiary/aromatic N) is 5. The number of benzene rings is 11. The molecule has 11 aromatic carbocycles. The van der Waals surface area contributed by atoms with Gasteiger partial charge in [-0.2, -0.15) is 0 Å². The Balaban J connectivity index is 0.956. The normalized spacial score (nSPS) is 11.9. The molecule has 4 heterocycles. The highest BCUT2D eigenvalue weighted by atomic mass is 16.3. The van der Waals surface area contributed by atoms with E-state index in [2.05, 4.69) is 240 Å². The van der Waals surface area contributed by atoms with E-state index in [0.717, 1.165) is 93.7 Å². The van der Waals surface area contributed by atoms with E-state index in [9.17, 15) is 0 Å². The van der Waals surface area contributed by atoms with E-state index in [-0.39, 0.29) is 0 Å². The molecule has 0 fully saturated rings. The van der Waals surface area contributed by atoms with E-state index in [4.69, 9.17) is 19.4 Å². The predicted molar refractivity (Wildman–Crippen MR) is 293 cm³/mol. The average molecular weight is 906 g/mol. The Bertz CT molecular complexity index is 4620. The standard InChI is InChI=1S/C65H39N5O/c1-3-15-40(16-4-1)41-29-31-43(32-30-41)63-66-64(52-25-13-23-50-48-21-9-12-28-57(48)70(61(50)52)46-19-5-2-6-20-46)68-65(67-63)53-26-14-24-51-60-54-39-47(35-33-42(54)34-36-59(60)71-62(51)53)69-56-27-11-10-22-49(56)55-37-44-17-7-8-18-45(44)38-58(55)69/h1-39H. The smallest absolute Gasteiger partial charge is 0.167 e. The Labute approximate surface area is 407 Å². The van der Waals surface area contributed by atoms with Crippen molar-refractivity contribution in [2.24, 2.45) is 0 Å². The fraction of sp³-hybridized carbons (Fsp3) is 0. The molecule has 0 bridgehead atoms. The lowest BCUT2D eigenvalue weighted by Crippen LogP contribution is -2.02. The molecule has 0 saturated carbocycles. The van der Waals surface area contributed by atoms with Crippen LogP contribution < -0.4 is 0 Å². The summed E-state index contributed by atoms with van der Waals surface area (Å²) in [5.74, 6) is 1.68. The van der Waals surface area contributed by atoms with Crippen LogP contribution in [0, 0.1) is 0 Å². The number of hydrogen-bond donors (Lipinski definition) is 0. The van der Waals surface area contributed by atoms with Gasteiger partial charge in [-0.1, -0.05) is 170 Å². The number of rotatable bonds is 6. The van der Waals surface area contributed by atoms with Crippen LogP contribution in [0.5, 0.6) is 0 Å². The molecule has 15 aromatic rings. The van der Waals surface area contributed by atoms with Gasteiger partial charge in [-0.3, -0.25) is 0 Å². The summed E-state index contributed by atoms with van der Waals surface area (Å²) in [7, 11) is 0. The van der Waals surface area contributed by atoms with Crippen LogP contribution in [0.25, 0.3) is 144 Å². The molecule has 330 valence electrons. The molecule has 6 nitrogen and oxygen atoms in total. The van der Waals surface area contributed by atoms with Gasteiger partial charge >= 0.3 is 0 Å². The van der Waals surface area contributed by atoms with Crippen LogP contribution in [0.4, 0.5) is 0 Å². The zero-order chi connectivity index (χ0) is 46.6. The van der Waals surface area contributed by atoms with Gasteiger partial charge in [0.15, 0.2) is 17.5 Å². The van der Waals surface area contributed by atoms with Gasteiger partial charge in [0.1, 0.15) is 11.2 Å². The lowest BCUT2D eigenvalue weighted by atomic mass is 10.0. The molecular weight excluding hydrogens is 867 g/mol. The molecule has 0 aliphatic heterocycles. The third kappa shape index (κ3) is 6.11. The molecule has 0 amide bonds. The number of para-hydroxylation sites is 5. The van der Waals surface area contributed by atoms with Crippen LogP contribution in [-0.2, 0) is 0 Å². The highest BCUT2D eigenvalue weighted by molar-refractivity contribution is 6.21. The van der Waals surface area contributed by atoms with Crippen molar-refractivity contribution in [2.75, 3.05) is 0 Å². The first-order valence-corrected chi connectivity index (χ1v) is 24.0. The lowest BCUT2D eigenvalue weighted by Gasteiger charge is -2.13. The summed E-state index contributed by atoms with van der Waals surface area (Å²) in [6.07, 6.45) is 0. The molecule has 0 unspecified atom stereocenters. The first-order valence-electron chi connectivity index (χ1n) is 24.0. The van der Waals surface area contributed by atoms with Crippen molar-refractivity contribution in [3.63, 3.8) is 0 Å². The van der Waals surface area contributed by atoms with Gasteiger partial charge in [0.05, 0.1) is 27.6 Å². The van der Waals surface area contributed by atoms with E-state index in [1.807, 2.05) is 6.07 Å². The molecule has 6 heteroatoms. The topological polar surface area (TPSA) is 61.7 Å². The SMILES string of the molecule is c1ccc(-c2ccc(-c3nc(-c4cccc5c4oc4ccc6ccc(-n7c8ccccc8c8cc9ccccc9cc87)cc6c45)nc(-c4cccc5c6ccccc6n(-c6ccccc6)c45)n3)cc2)cc1.